The molecule has 1 N–H and O–H groups in total. The van der Waals surface area contributed by atoms with Crippen LogP contribution in [0.15, 0.2) is 18.2 Å². The SMILES string of the molecule is COc1cccc(OC)c1CNC(=O)C1(C#N)CC1. The van der Waals surface area contributed by atoms with Gasteiger partial charge in [-0.15, -0.1) is 0 Å². The largest absolute Gasteiger partial charge is 0.496 e. The topological polar surface area (TPSA) is 71.3 Å². The number of hydrogen-bond donors (Lipinski definition) is 1. The van der Waals surface area contributed by atoms with Crippen molar-refractivity contribution in [2.24, 2.45) is 5.41 Å². The van der Waals surface area contributed by atoms with Crippen molar-refractivity contribution in [3.8, 4) is 17.6 Å². The highest BCUT2D eigenvalue weighted by Gasteiger charge is 2.50. The Morgan fingerprint density at radius 3 is 2.37 bits per heavy atom. The summed E-state index contributed by atoms with van der Waals surface area (Å²) in [7, 11) is 3.13. The van der Waals surface area contributed by atoms with Crippen LogP contribution in [0, 0.1) is 16.7 Å². The van der Waals surface area contributed by atoms with Crippen molar-refractivity contribution in [2.75, 3.05) is 14.2 Å². The van der Waals surface area contributed by atoms with Crippen LogP contribution < -0.4 is 14.8 Å². The Kier molecular flexibility index (Phi) is 3.61. The Bertz CT molecular complexity index is 508. The van der Waals surface area contributed by atoms with E-state index in [2.05, 4.69) is 11.4 Å². The van der Waals surface area contributed by atoms with E-state index < -0.39 is 5.41 Å². The molecule has 1 saturated carbocycles. The van der Waals surface area contributed by atoms with Crippen LogP contribution in [0.25, 0.3) is 0 Å². The summed E-state index contributed by atoms with van der Waals surface area (Å²) in [6.45, 7) is 0.287. The second-order valence-electron chi connectivity index (χ2n) is 4.52. The molecule has 0 spiro atoms. The molecule has 5 heteroatoms. The summed E-state index contributed by atoms with van der Waals surface area (Å²) in [6.07, 6.45) is 1.27. The molecule has 0 bridgehead atoms. The summed E-state index contributed by atoms with van der Waals surface area (Å²) in [6, 6.07) is 7.50. The summed E-state index contributed by atoms with van der Waals surface area (Å²) < 4.78 is 10.5. The van der Waals surface area contributed by atoms with Crippen molar-refractivity contribution in [3.63, 3.8) is 0 Å². The van der Waals surface area contributed by atoms with Crippen LogP contribution in [0.4, 0.5) is 0 Å². The maximum atomic E-state index is 11.9. The molecule has 1 amide bonds. The van der Waals surface area contributed by atoms with Crippen LogP contribution in [0.3, 0.4) is 0 Å². The fourth-order valence-electron chi connectivity index (χ4n) is 1.95. The van der Waals surface area contributed by atoms with E-state index in [4.69, 9.17) is 14.7 Å². The number of rotatable bonds is 5. The molecule has 0 unspecified atom stereocenters. The minimum absolute atomic E-state index is 0.219. The van der Waals surface area contributed by atoms with Crippen LogP contribution in [-0.4, -0.2) is 20.1 Å². The number of benzene rings is 1. The maximum Gasteiger partial charge on any atom is 0.240 e. The van der Waals surface area contributed by atoms with Gasteiger partial charge in [0.25, 0.3) is 0 Å². The number of carbonyl (C=O) groups is 1. The lowest BCUT2D eigenvalue weighted by atomic mass is 10.1. The van der Waals surface area contributed by atoms with E-state index >= 15 is 0 Å². The molecule has 2 rings (SSSR count). The van der Waals surface area contributed by atoms with E-state index in [-0.39, 0.29) is 12.5 Å². The van der Waals surface area contributed by atoms with E-state index in [1.165, 1.54) is 0 Å². The predicted molar refractivity (Wildman–Crippen MR) is 68.7 cm³/mol. The number of carbonyl (C=O) groups excluding carboxylic acids is 1. The van der Waals surface area contributed by atoms with Gasteiger partial charge in [-0.05, 0) is 25.0 Å². The van der Waals surface area contributed by atoms with Crippen molar-refractivity contribution >= 4 is 5.91 Å². The molecule has 0 radical (unpaired) electrons. The molecule has 0 atom stereocenters. The fourth-order valence-corrected chi connectivity index (χ4v) is 1.95. The molecular weight excluding hydrogens is 244 g/mol. The zero-order chi connectivity index (χ0) is 13.9. The van der Waals surface area contributed by atoms with Gasteiger partial charge >= 0.3 is 0 Å². The zero-order valence-corrected chi connectivity index (χ0v) is 11.0. The molecule has 0 saturated heterocycles. The van der Waals surface area contributed by atoms with E-state index in [9.17, 15) is 4.79 Å². The lowest BCUT2D eigenvalue weighted by molar-refractivity contribution is -0.124. The maximum absolute atomic E-state index is 11.9. The molecule has 1 aliphatic carbocycles. The monoisotopic (exact) mass is 260 g/mol. The average Bonchev–Trinajstić information content (AvgIpc) is 3.25. The first kappa shape index (κ1) is 13.2. The van der Waals surface area contributed by atoms with Crippen molar-refractivity contribution in [2.45, 2.75) is 19.4 Å². The lowest BCUT2D eigenvalue weighted by Gasteiger charge is -2.14. The number of nitrogens with one attached hydrogen (secondary N) is 1. The normalized spacial score (nSPS) is 15.2. The first-order valence-corrected chi connectivity index (χ1v) is 6.06. The smallest absolute Gasteiger partial charge is 0.240 e. The molecule has 0 heterocycles. The minimum Gasteiger partial charge on any atom is -0.496 e. The Morgan fingerprint density at radius 2 is 1.95 bits per heavy atom. The van der Waals surface area contributed by atoms with Crippen LogP contribution >= 0.6 is 0 Å². The van der Waals surface area contributed by atoms with Crippen molar-refractivity contribution in [1.82, 2.24) is 5.32 Å². The van der Waals surface area contributed by atoms with Gasteiger partial charge < -0.3 is 14.8 Å². The second kappa shape index (κ2) is 5.19. The Morgan fingerprint density at radius 1 is 1.37 bits per heavy atom. The third kappa shape index (κ3) is 2.48. The number of ether oxygens (including phenoxy) is 2. The molecule has 1 aromatic rings. The molecule has 0 aromatic heterocycles. The first-order valence-electron chi connectivity index (χ1n) is 6.06. The predicted octanol–water partition coefficient (Wildman–Crippen LogP) is 1.62. The Hall–Kier alpha value is -2.22. The van der Waals surface area contributed by atoms with Crippen LogP contribution in [0.2, 0.25) is 0 Å². The quantitative estimate of drug-likeness (QED) is 0.873. The van der Waals surface area contributed by atoms with Crippen LogP contribution in [0.5, 0.6) is 11.5 Å². The van der Waals surface area contributed by atoms with Crippen molar-refractivity contribution in [1.29, 1.82) is 5.26 Å². The van der Waals surface area contributed by atoms with Gasteiger partial charge in [-0.25, -0.2) is 0 Å². The summed E-state index contributed by atoms with van der Waals surface area (Å²) in [5, 5.41) is 11.7. The van der Waals surface area contributed by atoms with Crippen molar-refractivity contribution in [3.05, 3.63) is 23.8 Å². The van der Waals surface area contributed by atoms with Crippen LogP contribution in [0.1, 0.15) is 18.4 Å². The number of amides is 1. The second-order valence-corrected chi connectivity index (χ2v) is 4.52. The number of nitriles is 1. The third-order valence-electron chi connectivity index (χ3n) is 3.35. The highest BCUT2D eigenvalue weighted by Crippen LogP contribution is 2.45. The van der Waals surface area contributed by atoms with Gasteiger partial charge in [-0.2, -0.15) is 5.26 Å². The highest BCUT2D eigenvalue weighted by molar-refractivity contribution is 5.88. The van der Waals surface area contributed by atoms with Gasteiger partial charge in [0.1, 0.15) is 16.9 Å². The summed E-state index contributed by atoms with van der Waals surface area (Å²) in [5.74, 6) is 1.09. The third-order valence-corrected chi connectivity index (χ3v) is 3.35. The average molecular weight is 260 g/mol. The molecule has 1 aromatic carbocycles. The molecule has 1 aliphatic rings. The molecular formula is C14H16N2O3. The van der Waals surface area contributed by atoms with Gasteiger partial charge in [-0.1, -0.05) is 6.07 Å². The highest BCUT2D eigenvalue weighted by atomic mass is 16.5. The summed E-state index contributed by atoms with van der Waals surface area (Å²) in [4.78, 5) is 11.9. The standard InChI is InChI=1S/C14H16N2O3/c1-18-11-4-3-5-12(19-2)10(11)8-16-13(17)14(9-15)6-7-14/h3-5H,6-8H2,1-2H3,(H,16,17). The number of methoxy groups -OCH3 is 2. The molecule has 5 nitrogen and oxygen atoms in total. The molecule has 1 fully saturated rings. The molecule has 100 valence electrons. The van der Waals surface area contributed by atoms with E-state index in [0.29, 0.717) is 24.3 Å². The molecule has 0 aliphatic heterocycles. The van der Waals surface area contributed by atoms with Crippen molar-refractivity contribution < 1.29 is 14.3 Å². The van der Waals surface area contributed by atoms with Gasteiger partial charge in [0.05, 0.1) is 32.4 Å². The summed E-state index contributed by atoms with van der Waals surface area (Å²) >= 11 is 0. The Labute approximate surface area is 112 Å². The Balaban J connectivity index is 2.11. The first-order chi connectivity index (χ1) is 9.16. The van der Waals surface area contributed by atoms with E-state index in [0.717, 1.165) is 5.56 Å². The number of nitrogens with zero attached hydrogens (tertiary/aromatic N) is 1. The molecule has 19 heavy (non-hydrogen) atoms. The van der Waals surface area contributed by atoms with Crippen LogP contribution in [-0.2, 0) is 11.3 Å². The van der Waals surface area contributed by atoms with Gasteiger partial charge in [0.15, 0.2) is 0 Å². The number of hydrogen-bond acceptors (Lipinski definition) is 4. The van der Waals surface area contributed by atoms with Gasteiger partial charge in [0, 0.05) is 0 Å². The zero-order valence-electron chi connectivity index (χ0n) is 11.0. The van der Waals surface area contributed by atoms with E-state index in [1.807, 2.05) is 6.07 Å². The lowest BCUT2D eigenvalue weighted by Crippen LogP contribution is -2.30. The summed E-state index contributed by atoms with van der Waals surface area (Å²) in [5.41, 5.74) is -0.0375. The van der Waals surface area contributed by atoms with Gasteiger partial charge in [0.2, 0.25) is 5.91 Å². The van der Waals surface area contributed by atoms with Gasteiger partial charge in [-0.3, -0.25) is 4.79 Å². The van der Waals surface area contributed by atoms with E-state index in [1.54, 1.807) is 26.4 Å². The fraction of sp³-hybridized carbons (Fsp3) is 0.429. The minimum atomic E-state index is -0.810.